The molecule has 7 nitrogen and oxygen atoms in total. The summed E-state index contributed by atoms with van der Waals surface area (Å²) in [6.45, 7) is 0.434. The zero-order valence-electron chi connectivity index (χ0n) is 10.8. The van der Waals surface area contributed by atoms with Crippen LogP contribution in [0.25, 0.3) is 10.9 Å². The molecule has 0 saturated carbocycles. The number of rotatable bonds is 3. The highest BCUT2D eigenvalue weighted by molar-refractivity contribution is 7.89. The number of primary sulfonamides is 1. The van der Waals surface area contributed by atoms with Gasteiger partial charge >= 0.3 is 0 Å². The number of fused-ring (bicyclic) bond motifs is 1. The van der Waals surface area contributed by atoms with Crippen LogP contribution < -0.4 is 5.14 Å². The van der Waals surface area contributed by atoms with E-state index in [1.165, 1.54) is 12.5 Å². The predicted octanol–water partition coefficient (Wildman–Crippen LogP) is 0.466. The summed E-state index contributed by atoms with van der Waals surface area (Å²) in [6, 6.07) is 7.85. The SMILES string of the molecule is Cn1nc(Cn2cnc(S(N)(=O)=O)c2)c2ccccc21. The van der Waals surface area contributed by atoms with Crippen LogP contribution in [-0.2, 0) is 23.6 Å². The Balaban J connectivity index is 2.00. The van der Waals surface area contributed by atoms with Crippen molar-refractivity contribution in [3.63, 3.8) is 0 Å². The molecule has 2 heterocycles. The van der Waals surface area contributed by atoms with Gasteiger partial charge in [0, 0.05) is 18.6 Å². The number of benzene rings is 1. The third-order valence-electron chi connectivity index (χ3n) is 3.07. The fourth-order valence-electron chi connectivity index (χ4n) is 2.15. The maximum absolute atomic E-state index is 11.2. The van der Waals surface area contributed by atoms with Crippen molar-refractivity contribution in [3.05, 3.63) is 42.5 Å². The van der Waals surface area contributed by atoms with E-state index in [-0.39, 0.29) is 5.03 Å². The first kappa shape index (κ1) is 12.8. The van der Waals surface area contributed by atoms with Crippen LogP contribution >= 0.6 is 0 Å². The van der Waals surface area contributed by atoms with Crippen LogP contribution in [0.2, 0.25) is 0 Å². The van der Waals surface area contributed by atoms with Gasteiger partial charge in [0.05, 0.1) is 24.1 Å². The summed E-state index contributed by atoms with van der Waals surface area (Å²) in [5, 5.41) is 10.4. The smallest absolute Gasteiger partial charge is 0.257 e. The second kappa shape index (κ2) is 4.43. The van der Waals surface area contributed by atoms with Gasteiger partial charge in [0.1, 0.15) is 0 Å². The zero-order valence-corrected chi connectivity index (χ0v) is 11.6. The Bertz CT molecular complexity index is 878. The lowest BCUT2D eigenvalue weighted by Gasteiger charge is -1.98. The van der Waals surface area contributed by atoms with Crippen molar-refractivity contribution in [2.75, 3.05) is 0 Å². The average molecular weight is 291 g/mol. The second-order valence-electron chi connectivity index (χ2n) is 4.52. The number of aryl methyl sites for hydroxylation is 1. The predicted molar refractivity (Wildman–Crippen MR) is 73.4 cm³/mol. The van der Waals surface area contributed by atoms with Gasteiger partial charge in [-0.2, -0.15) is 5.10 Å². The third kappa shape index (κ3) is 2.19. The first-order chi connectivity index (χ1) is 9.45. The number of nitrogens with zero attached hydrogens (tertiary/aromatic N) is 4. The fraction of sp³-hybridized carbons (Fsp3) is 0.167. The molecule has 0 amide bonds. The van der Waals surface area contributed by atoms with Crippen LogP contribution in [0.3, 0.4) is 0 Å². The fourth-order valence-corrected chi connectivity index (χ4v) is 2.63. The van der Waals surface area contributed by atoms with E-state index >= 15 is 0 Å². The van der Waals surface area contributed by atoms with Gasteiger partial charge in [0.15, 0.2) is 5.03 Å². The Morgan fingerprint density at radius 1 is 1.30 bits per heavy atom. The van der Waals surface area contributed by atoms with Gasteiger partial charge in [0.25, 0.3) is 10.0 Å². The number of hydrogen-bond acceptors (Lipinski definition) is 4. The maximum Gasteiger partial charge on any atom is 0.257 e. The summed E-state index contributed by atoms with van der Waals surface area (Å²) < 4.78 is 25.8. The molecule has 0 radical (unpaired) electrons. The number of aromatic nitrogens is 4. The Kier molecular flexibility index (Phi) is 2.84. The van der Waals surface area contributed by atoms with Crippen LogP contribution in [0.4, 0.5) is 0 Å². The van der Waals surface area contributed by atoms with E-state index in [4.69, 9.17) is 5.14 Å². The number of imidazole rings is 1. The number of nitrogens with two attached hydrogens (primary N) is 1. The lowest BCUT2D eigenvalue weighted by molar-refractivity contribution is 0.594. The highest BCUT2D eigenvalue weighted by atomic mass is 32.2. The molecular weight excluding hydrogens is 278 g/mol. The van der Waals surface area contributed by atoms with Gasteiger partial charge in [-0.25, -0.2) is 18.5 Å². The lowest BCUT2D eigenvalue weighted by Crippen LogP contribution is -2.12. The topological polar surface area (TPSA) is 95.8 Å². The minimum atomic E-state index is -3.77. The Morgan fingerprint density at radius 2 is 2.05 bits per heavy atom. The molecule has 0 atom stereocenters. The first-order valence-corrected chi connectivity index (χ1v) is 7.45. The van der Waals surface area contributed by atoms with Crippen LogP contribution in [0.15, 0.2) is 41.8 Å². The first-order valence-electron chi connectivity index (χ1n) is 5.90. The van der Waals surface area contributed by atoms with Gasteiger partial charge in [0.2, 0.25) is 0 Å². The van der Waals surface area contributed by atoms with E-state index in [0.717, 1.165) is 16.6 Å². The highest BCUT2D eigenvalue weighted by Gasteiger charge is 2.13. The highest BCUT2D eigenvalue weighted by Crippen LogP contribution is 2.18. The summed E-state index contributed by atoms with van der Waals surface area (Å²) in [5.41, 5.74) is 1.87. The second-order valence-corrected chi connectivity index (χ2v) is 6.02. The summed E-state index contributed by atoms with van der Waals surface area (Å²) in [6.07, 6.45) is 2.84. The van der Waals surface area contributed by atoms with Crippen molar-refractivity contribution in [2.24, 2.45) is 12.2 Å². The number of sulfonamides is 1. The van der Waals surface area contributed by atoms with E-state index in [0.29, 0.717) is 6.54 Å². The summed E-state index contributed by atoms with van der Waals surface area (Å²) in [5.74, 6) is 0. The van der Waals surface area contributed by atoms with E-state index in [1.807, 2.05) is 31.3 Å². The summed E-state index contributed by atoms with van der Waals surface area (Å²) in [7, 11) is -1.90. The Labute approximate surface area is 115 Å². The molecule has 0 aliphatic carbocycles. The monoisotopic (exact) mass is 291 g/mol. The largest absolute Gasteiger partial charge is 0.330 e. The maximum atomic E-state index is 11.2. The molecule has 0 bridgehead atoms. The van der Waals surface area contributed by atoms with E-state index in [9.17, 15) is 8.42 Å². The van der Waals surface area contributed by atoms with Gasteiger partial charge in [-0.1, -0.05) is 18.2 Å². The van der Waals surface area contributed by atoms with Gasteiger partial charge < -0.3 is 4.57 Å². The van der Waals surface area contributed by atoms with Crippen molar-refractivity contribution < 1.29 is 8.42 Å². The van der Waals surface area contributed by atoms with Crippen LogP contribution in [0, 0.1) is 0 Å². The molecule has 0 fully saturated rings. The van der Waals surface area contributed by atoms with E-state index in [2.05, 4.69) is 10.1 Å². The standard InChI is InChI=1S/C12H13N5O2S/c1-16-11-5-3-2-4-9(11)10(15-16)6-17-7-12(14-8-17)20(13,18)19/h2-5,7-8H,6H2,1H3,(H2,13,18,19). The van der Waals surface area contributed by atoms with E-state index < -0.39 is 10.0 Å². The Hall–Kier alpha value is -2.19. The Morgan fingerprint density at radius 3 is 2.75 bits per heavy atom. The van der Waals surface area contributed by atoms with Gasteiger partial charge in [-0.15, -0.1) is 0 Å². The molecule has 20 heavy (non-hydrogen) atoms. The average Bonchev–Trinajstić information content (AvgIpc) is 2.97. The molecule has 0 spiro atoms. The van der Waals surface area contributed by atoms with Crippen molar-refractivity contribution >= 4 is 20.9 Å². The van der Waals surface area contributed by atoms with E-state index in [1.54, 1.807) is 9.25 Å². The van der Waals surface area contributed by atoms with Crippen LogP contribution in [-0.4, -0.2) is 27.7 Å². The minimum Gasteiger partial charge on any atom is -0.330 e. The van der Waals surface area contributed by atoms with Crippen molar-refractivity contribution in [2.45, 2.75) is 11.6 Å². The third-order valence-corrected chi connectivity index (χ3v) is 3.86. The summed E-state index contributed by atoms with van der Waals surface area (Å²) in [4.78, 5) is 3.79. The molecule has 0 aliphatic heterocycles. The summed E-state index contributed by atoms with van der Waals surface area (Å²) >= 11 is 0. The number of para-hydroxylation sites is 1. The quantitative estimate of drug-likeness (QED) is 0.758. The molecule has 0 aliphatic rings. The van der Waals surface area contributed by atoms with Crippen molar-refractivity contribution in [1.82, 2.24) is 19.3 Å². The van der Waals surface area contributed by atoms with Gasteiger partial charge in [-0.05, 0) is 6.07 Å². The molecule has 0 saturated heterocycles. The lowest BCUT2D eigenvalue weighted by atomic mass is 10.2. The molecule has 2 N–H and O–H groups in total. The van der Waals surface area contributed by atoms with Crippen LogP contribution in [0.5, 0.6) is 0 Å². The minimum absolute atomic E-state index is 0.141. The van der Waals surface area contributed by atoms with Crippen molar-refractivity contribution in [1.29, 1.82) is 0 Å². The normalized spacial score (nSPS) is 12.1. The van der Waals surface area contributed by atoms with Gasteiger partial charge in [-0.3, -0.25) is 4.68 Å². The molecule has 2 aromatic heterocycles. The molecule has 0 unspecified atom stereocenters. The number of hydrogen-bond donors (Lipinski definition) is 1. The zero-order chi connectivity index (χ0) is 14.3. The molecule has 3 rings (SSSR count). The molecule has 104 valence electrons. The molecule has 1 aromatic carbocycles. The molecule has 3 aromatic rings. The molecular formula is C12H13N5O2S. The molecule has 8 heteroatoms. The van der Waals surface area contributed by atoms with Crippen LogP contribution in [0.1, 0.15) is 5.69 Å². The van der Waals surface area contributed by atoms with Crippen molar-refractivity contribution in [3.8, 4) is 0 Å².